The summed E-state index contributed by atoms with van der Waals surface area (Å²) in [4.78, 5) is 40.4. The van der Waals surface area contributed by atoms with Crippen molar-refractivity contribution in [3.8, 4) is 0 Å². The van der Waals surface area contributed by atoms with Gasteiger partial charge < -0.3 is 9.64 Å². The Kier molecular flexibility index (Phi) is 7.82. The first-order valence-corrected chi connectivity index (χ1v) is 8.80. The third-order valence-corrected chi connectivity index (χ3v) is 5.90. The number of halogens is 3. The molecule has 0 N–H and O–H groups in total. The Morgan fingerprint density at radius 1 is 1.22 bits per heavy atom. The number of rotatable bonds is 4. The maximum atomic E-state index is 12.1. The average molecular weight is 418 g/mol. The van der Waals surface area contributed by atoms with E-state index < -0.39 is 11.9 Å². The molecule has 11 heteroatoms. The van der Waals surface area contributed by atoms with E-state index in [0.717, 1.165) is 30.2 Å². The summed E-state index contributed by atoms with van der Waals surface area (Å²) < 4.78 is 4.70. The van der Waals surface area contributed by atoms with Crippen LogP contribution in [0.1, 0.15) is 9.67 Å². The van der Waals surface area contributed by atoms with Gasteiger partial charge in [0.05, 0.1) is 22.9 Å². The van der Waals surface area contributed by atoms with Crippen LogP contribution in [0.5, 0.6) is 0 Å². The van der Waals surface area contributed by atoms with Gasteiger partial charge in [0.15, 0.2) is 0 Å². The molecule has 0 atom stereocenters. The predicted molar refractivity (Wildman–Crippen MR) is 94.7 cm³/mol. The Labute approximate surface area is 155 Å². The lowest BCUT2D eigenvalue weighted by Crippen LogP contribution is -2.23. The molecular formula is C12H11Cl3N2O4S2. The molecule has 0 fully saturated rings. The largest absolute Gasteiger partial charge is 0.465 e. The van der Waals surface area contributed by atoms with E-state index in [9.17, 15) is 14.4 Å². The molecule has 0 aromatic carbocycles. The molecule has 126 valence electrons. The first kappa shape index (κ1) is 20.2. The second-order valence-electron chi connectivity index (χ2n) is 4.14. The van der Waals surface area contributed by atoms with Gasteiger partial charge >= 0.3 is 5.97 Å². The topological polar surface area (TPSA) is 76.0 Å². The number of hydrogen-bond acceptors (Lipinski definition) is 6. The summed E-state index contributed by atoms with van der Waals surface area (Å²) in [5, 5.41) is -0.278. The molecule has 6 nitrogen and oxygen atoms in total. The Bertz CT molecular complexity index is 674. The van der Waals surface area contributed by atoms with Gasteiger partial charge in [-0.25, -0.2) is 9.79 Å². The molecule has 0 saturated carbocycles. The number of ether oxygens (including phenoxy) is 1. The number of methoxy groups -OCH3 is 1. The normalized spacial score (nSPS) is 11.3. The van der Waals surface area contributed by atoms with Crippen LogP contribution in [0, 0.1) is 0 Å². The zero-order valence-electron chi connectivity index (χ0n) is 12.2. The summed E-state index contributed by atoms with van der Waals surface area (Å²) in [5.74, 6) is -1.73. The molecule has 0 bridgehead atoms. The van der Waals surface area contributed by atoms with Crippen molar-refractivity contribution in [1.82, 2.24) is 4.90 Å². The molecule has 1 heterocycles. The summed E-state index contributed by atoms with van der Waals surface area (Å²) in [6.07, 6.45) is 0. The van der Waals surface area contributed by atoms with Crippen LogP contribution in [0.4, 0.5) is 4.79 Å². The van der Waals surface area contributed by atoms with Crippen molar-refractivity contribution in [3.63, 3.8) is 0 Å². The maximum Gasteiger partial charge on any atom is 0.353 e. The number of nitrogens with zero attached hydrogens (tertiary/aromatic N) is 2. The van der Waals surface area contributed by atoms with Crippen LogP contribution in [0.15, 0.2) is 4.99 Å². The Morgan fingerprint density at radius 2 is 1.83 bits per heavy atom. The van der Waals surface area contributed by atoms with Crippen LogP contribution in [0.25, 0.3) is 0 Å². The summed E-state index contributed by atoms with van der Waals surface area (Å²) in [5.41, 5.74) is -0.214. The van der Waals surface area contributed by atoms with Gasteiger partial charge in [0, 0.05) is 14.1 Å². The fourth-order valence-corrected chi connectivity index (χ4v) is 3.57. The zero-order chi connectivity index (χ0) is 17.7. The minimum Gasteiger partial charge on any atom is -0.465 e. The number of carbonyl (C=O) groups excluding carboxylic acids is 3. The minimum atomic E-state index is -0.817. The van der Waals surface area contributed by atoms with E-state index in [1.54, 1.807) is 14.1 Å². The van der Waals surface area contributed by atoms with Gasteiger partial charge in [0.2, 0.25) is 0 Å². The summed E-state index contributed by atoms with van der Waals surface area (Å²) in [6, 6.07) is 0. The van der Waals surface area contributed by atoms with E-state index in [-0.39, 0.29) is 36.0 Å². The highest BCUT2D eigenvalue weighted by atomic mass is 35.5. The fraction of sp³-hybridized carbons (Fsp3) is 0.333. The summed E-state index contributed by atoms with van der Waals surface area (Å²) in [7, 11) is 4.27. The van der Waals surface area contributed by atoms with Crippen LogP contribution in [0.3, 0.4) is 0 Å². The highest BCUT2D eigenvalue weighted by Crippen LogP contribution is 2.40. The van der Waals surface area contributed by atoms with Gasteiger partial charge in [-0.15, -0.1) is 11.3 Å². The molecule has 0 aliphatic carbocycles. The highest BCUT2D eigenvalue weighted by molar-refractivity contribution is 8.14. The standard InChI is InChI=1S/C12H11Cl3N2O4S2/c1-17(2)12(20)22-4-5(11(19)21-3)16-10(18)8-6(13)7(14)9(15)23-8/h4H2,1-3H3/b16-5+. The molecule has 0 aliphatic heterocycles. The van der Waals surface area contributed by atoms with Crippen molar-refractivity contribution < 1.29 is 19.1 Å². The van der Waals surface area contributed by atoms with Crippen LogP contribution in [0.2, 0.25) is 14.4 Å². The number of esters is 1. The van der Waals surface area contributed by atoms with Crippen LogP contribution in [-0.4, -0.2) is 54.7 Å². The Hall–Kier alpha value is -0.800. The quantitative estimate of drug-likeness (QED) is 0.549. The van der Waals surface area contributed by atoms with Crippen LogP contribution in [-0.2, 0) is 9.53 Å². The number of aliphatic imine (C=N–C) groups is 1. The number of thiophene rings is 1. The van der Waals surface area contributed by atoms with E-state index in [2.05, 4.69) is 9.73 Å². The lowest BCUT2D eigenvalue weighted by atomic mass is 10.4. The van der Waals surface area contributed by atoms with Crippen molar-refractivity contribution in [1.29, 1.82) is 0 Å². The molecule has 0 radical (unpaired) electrons. The molecule has 1 rings (SSSR count). The first-order valence-electron chi connectivity index (χ1n) is 5.86. The van der Waals surface area contributed by atoms with Crippen molar-refractivity contribution in [2.45, 2.75) is 0 Å². The van der Waals surface area contributed by atoms with Crippen molar-refractivity contribution in [2.75, 3.05) is 27.0 Å². The second kappa shape index (κ2) is 8.89. The highest BCUT2D eigenvalue weighted by Gasteiger charge is 2.22. The van der Waals surface area contributed by atoms with Crippen LogP contribution < -0.4 is 0 Å². The fourth-order valence-electron chi connectivity index (χ4n) is 1.19. The predicted octanol–water partition coefficient (Wildman–Crippen LogP) is 3.88. The van der Waals surface area contributed by atoms with Crippen molar-refractivity contribution in [3.05, 3.63) is 19.3 Å². The maximum absolute atomic E-state index is 12.1. The molecule has 0 unspecified atom stereocenters. The Morgan fingerprint density at radius 3 is 2.26 bits per heavy atom. The van der Waals surface area contributed by atoms with E-state index in [4.69, 9.17) is 34.8 Å². The SMILES string of the molecule is COC(=O)/C(CSC(=O)N(C)C)=N/C(=O)c1sc(Cl)c(Cl)c1Cl. The number of amides is 2. The van der Waals surface area contributed by atoms with E-state index >= 15 is 0 Å². The van der Waals surface area contributed by atoms with Gasteiger partial charge in [-0.05, 0) is 0 Å². The van der Waals surface area contributed by atoms with Crippen molar-refractivity contribution in [2.24, 2.45) is 4.99 Å². The molecule has 1 aromatic rings. The number of thioether (sulfide) groups is 1. The number of hydrogen-bond donors (Lipinski definition) is 0. The van der Waals surface area contributed by atoms with Gasteiger partial charge in [-0.3, -0.25) is 9.59 Å². The molecular weight excluding hydrogens is 407 g/mol. The third kappa shape index (κ3) is 5.36. The smallest absolute Gasteiger partial charge is 0.353 e. The second-order valence-corrected chi connectivity index (χ2v) is 7.44. The third-order valence-electron chi connectivity index (χ3n) is 2.31. The zero-order valence-corrected chi connectivity index (χ0v) is 16.1. The minimum absolute atomic E-state index is 0.00649. The lowest BCUT2D eigenvalue weighted by molar-refractivity contribution is -0.132. The van der Waals surface area contributed by atoms with Crippen LogP contribution >= 0.6 is 57.9 Å². The van der Waals surface area contributed by atoms with Gasteiger partial charge in [-0.1, -0.05) is 46.6 Å². The molecule has 1 aromatic heterocycles. The van der Waals surface area contributed by atoms with E-state index in [0.29, 0.717) is 0 Å². The summed E-state index contributed by atoms with van der Waals surface area (Å²) in [6.45, 7) is 0. The van der Waals surface area contributed by atoms with Gasteiger partial charge in [0.25, 0.3) is 11.1 Å². The van der Waals surface area contributed by atoms with Crippen molar-refractivity contribution >= 4 is 80.7 Å². The molecule has 0 saturated heterocycles. The van der Waals surface area contributed by atoms with Gasteiger partial charge in [0.1, 0.15) is 14.9 Å². The summed E-state index contributed by atoms with van der Waals surface area (Å²) >= 11 is 19.2. The monoisotopic (exact) mass is 416 g/mol. The van der Waals surface area contributed by atoms with E-state index in [1.807, 2.05) is 0 Å². The molecule has 0 aliphatic rings. The van der Waals surface area contributed by atoms with E-state index in [1.165, 1.54) is 4.90 Å². The Balaban J connectivity index is 3.03. The lowest BCUT2D eigenvalue weighted by Gasteiger charge is -2.09. The average Bonchev–Trinajstić information content (AvgIpc) is 2.77. The molecule has 23 heavy (non-hydrogen) atoms. The molecule has 0 spiro atoms. The first-order chi connectivity index (χ1) is 10.7. The molecule has 2 amide bonds. The van der Waals surface area contributed by atoms with Gasteiger partial charge in [-0.2, -0.15) is 0 Å². The number of carbonyl (C=O) groups is 3.